The fourth-order valence-corrected chi connectivity index (χ4v) is 1.64. The fraction of sp³-hybridized carbons (Fsp3) is 0.500. The second kappa shape index (κ2) is 8.66. The van der Waals surface area contributed by atoms with Gasteiger partial charge in [-0.15, -0.1) is 0 Å². The quantitative estimate of drug-likeness (QED) is 0.692. The van der Waals surface area contributed by atoms with Crippen molar-refractivity contribution in [2.24, 2.45) is 0 Å². The first-order valence-electron chi connectivity index (χ1n) is 6.25. The number of carbonyl (C=O) groups is 1. The smallest absolute Gasteiger partial charge is 0.251 e. The molecule has 0 saturated carbocycles. The van der Waals surface area contributed by atoms with Crippen molar-refractivity contribution in [1.29, 1.82) is 0 Å². The van der Waals surface area contributed by atoms with Crippen molar-refractivity contribution in [3.8, 4) is 0 Å². The number of methoxy groups -OCH3 is 1. The van der Waals surface area contributed by atoms with Gasteiger partial charge >= 0.3 is 0 Å². The molecule has 0 radical (unpaired) electrons. The first-order valence-corrected chi connectivity index (χ1v) is 6.25. The van der Waals surface area contributed by atoms with Crippen LogP contribution in [0.15, 0.2) is 24.3 Å². The third-order valence-electron chi connectivity index (χ3n) is 2.65. The highest BCUT2D eigenvalue weighted by atomic mass is 16.5. The minimum Gasteiger partial charge on any atom is -0.396 e. The van der Waals surface area contributed by atoms with Crippen LogP contribution >= 0.6 is 0 Å². The van der Waals surface area contributed by atoms with Crippen molar-refractivity contribution in [2.75, 3.05) is 20.3 Å². The Morgan fingerprint density at radius 3 is 2.56 bits per heavy atom. The number of aliphatic hydroxyl groups is 1. The van der Waals surface area contributed by atoms with Gasteiger partial charge in [0.2, 0.25) is 0 Å². The summed E-state index contributed by atoms with van der Waals surface area (Å²) in [4.78, 5) is 11.8. The molecule has 1 aromatic carbocycles. The molecule has 1 rings (SSSR count). The average Bonchev–Trinajstić information content (AvgIpc) is 2.39. The molecule has 1 amide bonds. The van der Waals surface area contributed by atoms with Gasteiger partial charge in [0, 0.05) is 25.8 Å². The Labute approximate surface area is 108 Å². The molecule has 1 aromatic rings. The molecule has 0 saturated heterocycles. The van der Waals surface area contributed by atoms with Crippen molar-refractivity contribution in [2.45, 2.75) is 25.9 Å². The Bertz CT molecular complexity index is 349. The largest absolute Gasteiger partial charge is 0.396 e. The van der Waals surface area contributed by atoms with Crippen molar-refractivity contribution >= 4 is 5.91 Å². The van der Waals surface area contributed by atoms with E-state index in [0.717, 1.165) is 24.8 Å². The first kappa shape index (κ1) is 14.7. The summed E-state index contributed by atoms with van der Waals surface area (Å²) in [6.45, 7) is 1.43. The third-order valence-corrected chi connectivity index (χ3v) is 2.65. The summed E-state index contributed by atoms with van der Waals surface area (Å²) in [5.74, 6) is -0.0528. The van der Waals surface area contributed by atoms with Crippen molar-refractivity contribution in [3.63, 3.8) is 0 Å². The molecule has 18 heavy (non-hydrogen) atoms. The highest BCUT2D eigenvalue weighted by Gasteiger charge is 2.04. The summed E-state index contributed by atoms with van der Waals surface area (Å²) < 4.78 is 5.01. The lowest BCUT2D eigenvalue weighted by atomic mass is 10.1. The molecule has 0 aliphatic carbocycles. The molecule has 0 aromatic heterocycles. The van der Waals surface area contributed by atoms with Gasteiger partial charge in [-0.3, -0.25) is 4.79 Å². The number of hydrogen-bond donors (Lipinski definition) is 2. The van der Waals surface area contributed by atoms with Gasteiger partial charge in [0.25, 0.3) is 5.91 Å². The van der Waals surface area contributed by atoms with E-state index in [1.807, 2.05) is 12.1 Å². The summed E-state index contributed by atoms with van der Waals surface area (Å²) in [7, 11) is 1.65. The summed E-state index contributed by atoms with van der Waals surface area (Å²) in [5.41, 5.74) is 1.72. The highest BCUT2D eigenvalue weighted by molar-refractivity contribution is 5.94. The van der Waals surface area contributed by atoms with Crippen LogP contribution in [0.4, 0.5) is 0 Å². The maximum Gasteiger partial charge on any atom is 0.251 e. The van der Waals surface area contributed by atoms with Crippen molar-refractivity contribution in [1.82, 2.24) is 5.32 Å². The van der Waals surface area contributed by atoms with Crippen LogP contribution in [0.25, 0.3) is 0 Å². The normalized spacial score (nSPS) is 10.3. The SMILES string of the molecule is COCc1ccc(C(=O)NCCCCCO)cc1. The summed E-state index contributed by atoms with van der Waals surface area (Å²) >= 11 is 0. The minimum atomic E-state index is -0.0528. The second-order valence-corrected chi connectivity index (χ2v) is 4.17. The van der Waals surface area contributed by atoms with Gasteiger partial charge in [0.05, 0.1) is 6.61 Å². The summed E-state index contributed by atoms with van der Waals surface area (Å²) in [6, 6.07) is 7.39. The summed E-state index contributed by atoms with van der Waals surface area (Å²) in [5, 5.41) is 11.5. The number of rotatable bonds is 8. The second-order valence-electron chi connectivity index (χ2n) is 4.17. The molecule has 0 heterocycles. The molecule has 0 atom stereocenters. The Kier molecular flexibility index (Phi) is 7.06. The number of hydrogen-bond acceptors (Lipinski definition) is 3. The number of unbranched alkanes of at least 4 members (excludes halogenated alkanes) is 2. The Morgan fingerprint density at radius 1 is 1.22 bits per heavy atom. The lowest BCUT2D eigenvalue weighted by Crippen LogP contribution is -2.24. The van der Waals surface area contributed by atoms with Gasteiger partial charge in [-0.1, -0.05) is 12.1 Å². The standard InChI is InChI=1S/C14H21NO3/c1-18-11-12-5-7-13(8-6-12)14(17)15-9-3-2-4-10-16/h5-8,16H,2-4,9-11H2,1H3,(H,15,17). The predicted molar refractivity (Wildman–Crippen MR) is 70.4 cm³/mol. The Hall–Kier alpha value is -1.39. The number of aliphatic hydroxyl groups excluding tert-OH is 1. The van der Waals surface area contributed by atoms with E-state index in [-0.39, 0.29) is 12.5 Å². The molecular formula is C14H21NO3. The number of benzene rings is 1. The van der Waals surface area contributed by atoms with Gasteiger partial charge in [-0.25, -0.2) is 0 Å². The van der Waals surface area contributed by atoms with E-state index in [0.29, 0.717) is 18.7 Å². The lowest BCUT2D eigenvalue weighted by Gasteiger charge is -2.06. The zero-order chi connectivity index (χ0) is 13.2. The van der Waals surface area contributed by atoms with Gasteiger partial charge in [0.1, 0.15) is 0 Å². The van der Waals surface area contributed by atoms with E-state index in [1.54, 1.807) is 19.2 Å². The van der Waals surface area contributed by atoms with E-state index >= 15 is 0 Å². The van der Waals surface area contributed by atoms with Crippen molar-refractivity contribution < 1.29 is 14.6 Å². The Morgan fingerprint density at radius 2 is 1.94 bits per heavy atom. The molecule has 0 spiro atoms. The van der Waals surface area contributed by atoms with Crippen LogP contribution in [0.3, 0.4) is 0 Å². The predicted octanol–water partition coefficient (Wildman–Crippen LogP) is 1.73. The first-order chi connectivity index (χ1) is 8.77. The van der Waals surface area contributed by atoms with Gasteiger partial charge in [-0.05, 0) is 37.0 Å². The molecule has 0 bridgehead atoms. The molecule has 4 nitrogen and oxygen atoms in total. The Balaban J connectivity index is 2.32. The van der Waals surface area contributed by atoms with Gasteiger partial charge < -0.3 is 15.2 Å². The summed E-state index contributed by atoms with van der Waals surface area (Å²) in [6.07, 6.45) is 2.62. The van der Waals surface area contributed by atoms with E-state index in [4.69, 9.17) is 9.84 Å². The highest BCUT2D eigenvalue weighted by Crippen LogP contribution is 2.05. The van der Waals surface area contributed by atoms with E-state index in [1.165, 1.54) is 0 Å². The third kappa shape index (κ3) is 5.29. The molecule has 0 aliphatic heterocycles. The number of carbonyl (C=O) groups excluding carboxylic acids is 1. The minimum absolute atomic E-state index is 0.0528. The van der Waals surface area contributed by atoms with Crippen LogP contribution in [-0.2, 0) is 11.3 Å². The van der Waals surface area contributed by atoms with Crippen LogP contribution in [-0.4, -0.2) is 31.3 Å². The zero-order valence-electron chi connectivity index (χ0n) is 10.8. The monoisotopic (exact) mass is 251 g/mol. The average molecular weight is 251 g/mol. The number of ether oxygens (including phenoxy) is 1. The van der Waals surface area contributed by atoms with E-state index in [2.05, 4.69) is 5.32 Å². The molecule has 100 valence electrons. The molecule has 0 unspecified atom stereocenters. The molecular weight excluding hydrogens is 230 g/mol. The van der Waals surface area contributed by atoms with Gasteiger partial charge in [-0.2, -0.15) is 0 Å². The van der Waals surface area contributed by atoms with Gasteiger partial charge in [0.15, 0.2) is 0 Å². The van der Waals surface area contributed by atoms with Crippen LogP contribution in [0.2, 0.25) is 0 Å². The molecule has 0 aliphatic rings. The van der Waals surface area contributed by atoms with Crippen LogP contribution in [0.5, 0.6) is 0 Å². The number of nitrogens with one attached hydrogen (secondary N) is 1. The zero-order valence-corrected chi connectivity index (χ0v) is 10.8. The topological polar surface area (TPSA) is 58.6 Å². The maximum absolute atomic E-state index is 11.8. The van der Waals surface area contributed by atoms with Crippen LogP contribution in [0.1, 0.15) is 35.2 Å². The lowest BCUT2D eigenvalue weighted by molar-refractivity contribution is 0.0952. The number of amides is 1. The van der Waals surface area contributed by atoms with E-state index in [9.17, 15) is 4.79 Å². The van der Waals surface area contributed by atoms with Crippen molar-refractivity contribution in [3.05, 3.63) is 35.4 Å². The van der Waals surface area contributed by atoms with Crippen LogP contribution < -0.4 is 5.32 Å². The van der Waals surface area contributed by atoms with Crippen LogP contribution in [0, 0.1) is 0 Å². The molecule has 2 N–H and O–H groups in total. The molecule has 4 heteroatoms. The molecule has 0 fully saturated rings. The van der Waals surface area contributed by atoms with E-state index < -0.39 is 0 Å². The maximum atomic E-state index is 11.8. The fourth-order valence-electron chi connectivity index (χ4n) is 1.64.